The van der Waals surface area contributed by atoms with Gasteiger partial charge in [0.05, 0.1) is 0 Å². The number of anilines is 1. The Morgan fingerprint density at radius 3 is 2.70 bits per heavy atom. The molecule has 0 unspecified atom stereocenters. The van der Waals surface area contributed by atoms with E-state index in [9.17, 15) is 4.79 Å². The summed E-state index contributed by atoms with van der Waals surface area (Å²) in [7, 11) is 0. The molecule has 3 heteroatoms. The molecule has 0 saturated carbocycles. The first-order chi connectivity index (χ1) is 9.83. The zero-order valence-electron chi connectivity index (χ0n) is 11.3. The first-order valence-electron chi connectivity index (χ1n) is 6.99. The Kier molecular flexibility index (Phi) is 3.79. The van der Waals surface area contributed by atoms with E-state index < -0.39 is 0 Å². The van der Waals surface area contributed by atoms with Crippen LogP contribution < -0.4 is 10.6 Å². The van der Waals surface area contributed by atoms with Gasteiger partial charge >= 0.3 is 0 Å². The molecule has 1 aliphatic rings. The number of fused-ring (bicyclic) bond motifs is 1. The first-order valence-corrected chi connectivity index (χ1v) is 6.99. The van der Waals surface area contributed by atoms with Crippen molar-refractivity contribution >= 4 is 11.6 Å². The predicted octanol–water partition coefficient (Wildman–Crippen LogP) is 2.90. The number of carbonyl (C=O) groups is 1. The molecule has 1 atom stereocenters. The van der Waals surface area contributed by atoms with Crippen LogP contribution in [0.15, 0.2) is 54.6 Å². The Balaban J connectivity index is 1.68. The predicted molar refractivity (Wildman–Crippen MR) is 80.6 cm³/mol. The number of amides is 1. The Labute approximate surface area is 119 Å². The van der Waals surface area contributed by atoms with Crippen LogP contribution >= 0.6 is 0 Å². The van der Waals surface area contributed by atoms with Crippen LogP contribution in [0, 0.1) is 0 Å². The lowest BCUT2D eigenvalue weighted by Gasteiger charge is -2.26. The maximum Gasteiger partial charge on any atom is 0.226 e. The van der Waals surface area contributed by atoms with Gasteiger partial charge in [-0.05, 0) is 36.2 Å². The molecule has 0 radical (unpaired) electrons. The minimum atomic E-state index is 0.0467. The largest absolute Gasteiger partial charge is 0.326 e. The molecule has 1 aliphatic heterocycles. The molecule has 3 rings (SSSR count). The fourth-order valence-electron chi connectivity index (χ4n) is 2.69. The molecule has 3 nitrogen and oxygen atoms in total. The van der Waals surface area contributed by atoms with Crippen LogP contribution in [0.1, 0.15) is 23.6 Å². The lowest BCUT2D eigenvalue weighted by atomic mass is 9.92. The Hall–Kier alpha value is -2.13. The summed E-state index contributed by atoms with van der Waals surface area (Å²) in [4.78, 5) is 12.1. The van der Waals surface area contributed by atoms with Crippen molar-refractivity contribution in [2.24, 2.45) is 0 Å². The number of nitrogens with one attached hydrogen (secondary N) is 2. The summed E-state index contributed by atoms with van der Waals surface area (Å²) in [5.41, 5.74) is 3.45. The van der Waals surface area contributed by atoms with Crippen molar-refractivity contribution in [2.45, 2.75) is 18.9 Å². The van der Waals surface area contributed by atoms with Gasteiger partial charge in [-0.1, -0.05) is 42.5 Å². The maximum absolute atomic E-state index is 12.1. The van der Waals surface area contributed by atoms with Crippen molar-refractivity contribution < 1.29 is 4.79 Å². The minimum Gasteiger partial charge on any atom is -0.326 e. The molecule has 2 N–H and O–H groups in total. The van der Waals surface area contributed by atoms with Gasteiger partial charge in [-0.2, -0.15) is 0 Å². The van der Waals surface area contributed by atoms with Gasteiger partial charge in [0.2, 0.25) is 5.91 Å². The molecule has 1 amide bonds. The summed E-state index contributed by atoms with van der Waals surface area (Å²) in [6.07, 6.45) is 1.50. The van der Waals surface area contributed by atoms with E-state index in [0.29, 0.717) is 6.42 Å². The zero-order chi connectivity index (χ0) is 13.8. The van der Waals surface area contributed by atoms with Crippen LogP contribution in [0.5, 0.6) is 0 Å². The molecule has 2 aromatic rings. The number of rotatable bonds is 3. The minimum absolute atomic E-state index is 0.0467. The molecule has 20 heavy (non-hydrogen) atoms. The van der Waals surface area contributed by atoms with Gasteiger partial charge in [-0.25, -0.2) is 0 Å². The Morgan fingerprint density at radius 1 is 1.10 bits per heavy atom. The fourth-order valence-corrected chi connectivity index (χ4v) is 2.69. The highest BCUT2D eigenvalue weighted by Crippen LogP contribution is 2.25. The molecule has 0 aromatic heterocycles. The topological polar surface area (TPSA) is 41.1 Å². The third-order valence-electron chi connectivity index (χ3n) is 3.66. The van der Waals surface area contributed by atoms with Gasteiger partial charge in [0, 0.05) is 18.2 Å². The van der Waals surface area contributed by atoms with E-state index in [2.05, 4.69) is 28.8 Å². The van der Waals surface area contributed by atoms with Crippen molar-refractivity contribution in [3.05, 3.63) is 65.7 Å². The Morgan fingerprint density at radius 2 is 1.85 bits per heavy atom. The lowest BCUT2D eigenvalue weighted by Crippen LogP contribution is -2.32. The third kappa shape index (κ3) is 2.89. The van der Waals surface area contributed by atoms with Crippen molar-refractivity contribution in [2.75, 3.05) is 11.9 Å². The maximum atomic E-state index is 12.1. The standard InChI is InChI=1S/C17H18N2O/c20-17(19-14-7-2-1-3-8-14)12-16-15-9-5-4-6-13(15)10-11-18-16/h1-9,16,18H,10-12H2,(H,19,20)/t16-/m0/s1. The average molecular weight is 266 g/mol. The molecule has 102 valence electrons. The smallest absolute Gasteiger partial charge is 0.226 e. The quantitative estimate of drug-likeness (QED) is 0.897. The average Bonchev–Trinajstić information content (AvgIpc) is 2.48. The Bertz CT molecular complexity index is 595. The molecule has 0 spiro atoms. The molecular weight excluding hydrogens is 248 g/mol. The van der Waals surface area contributed by atoms with Crippen LogP contribution in [0.2, 0.25) is 0 Å². The fraction of sp³-hybridized carbons (Fsp3) is 0.235. The molecule has 2 aromatic carbocycles. The van der Waals surface area contributed by atoms with E-state index in [-0.39, 0.29) is 11.9 Å². The van der Waals surface area contributed by atoms with Crippen molar-refractivity contribution in [1.82, 2.24) is 5.32 Å². The molecule has 0 saturated heterocycles. The van der Waals surface area contributed by atoms with Gasteiger partial charge in [0.15, 0.2) is 0 Å². The third-order valence-corrected chi connectivity index (χ3v) is 3.66. The SMILES string of the molecule is O=C(C[C@@H]1NCCc2ccccc21)Nc1ccccc1. The van der Waals surface area contributed by atoms with Gasteiger partial charge < -0.3 is 10.6 Å². The monoisotopic (exact) mass is 266 g/mol. The highest BCUT2D eigenvalue weighted by Gasteiger charge is 2.21. The van der Waals surface area contributed by atoms with Crippen LogP contribution in [0.3, 0.4) is 0 Å². The van der Waals surface area contributed by atoms with E-state index in [1.165, 1.54) is 11.1 Å². The highest BCUT2D eigenvalue weighted by molar-refractivity contribution is 5.91. The summed E-state index contributed by atoms with van der Waals surface area (Å²) in [6, 6.07) is 18.1. The number of hydrogen-bond donors (Lipinski definition) is 2. The lowest BCUT2D eigenvalue weighted by molar-refractivity contribution is -0.116. The molecule has 1 heterocycles. The first kappa shape index (κ1) is 12.9. The number of hydrogen-bond acceptors (Lipinski definition) is 2. The normalized spacial score (nSPS) is 17.3. The summed E-state index contributed by atoms with van der Waals surface area (Å²) in [5, 5.41) is 6.37. The zero-order valence-corrected chi connectivity index (χ0v) is 11.3. The van der Waals surface area contributed by atoms with E-state index in [0.717, 1.165) is 18.7 Å². The van der Waals surface area contributed by atoms with Gasteiger partial charge in [0.25, 0.3) is 0 Å². The van der Waals surface area contributed by atoms with E-state index in [1.807, 2.05) is 36.4 Å². The second-order valence-corrected chi connectivity index (χ2v) is 5.07. The van der Waals surface area contributed by atoms with E-state index in [1.54, 1.807) is 0 Å². The highest BCUT2D eigenvalue weighted by atomic mass is 16.1. The number of carbonyl (C=O) groups excluding carboxylic acids is 1. The molecule has 0 aliphatic carbocycles. The second kappa shape index (κ2) is 5.88. The summed E-state index contributed by atoms with van der Waals surface area (Å²) in [6.45, 7) is 0.931. The number of para-hydroxylation sites is 1. The number of benzene rings is 2. The molecule has 0 bridgehead atoms. The van der Waals surface area contributed by atoms with Crippen molar-refractivity contribution in [3.8, 4) is 0 Å². The summed E-state index contributed by atoms with van der Waals surface area (Å²) >= 11 is 0. The van der Waals surface area contributed by atoms with Crippen LogP contribution in [-0.2, 0) is 11.2 Å². The van der Waals surface area contributed by atoms with E-state index >= 15 is 0 Å². The van der Waals surface area contributed by atoms with Crippen LogP contribution in [0.4, 0.5) is 5.69 Å². The summed E-state index contributed by atoms with van der Waals surface area (Å²) in [5.74, 6) is 0.0467. The second-order valence-electron chi connectivity index (χ2n) is 5.07. The van der Waals surface area contributed by atoms with Crippen LogP contribution in [0.25, 0.3) is 0 Å². The molecule has 0 fully saturated rings. The van der Waals surface area contributed by atoms with E-state index in [4.69, 9.17) is 0 Å². The van der Waals surface area contributed by atoms with Gasteiger partial charge in [0.1, 0.15) is 0 Å². The van der Waals surface area contributed by atoms with Gasteiger partial charge in [-0.15, -0.1) is 0 Å². The van der Waals surface area contributed by atoms with Crippen LogP contribution in [-0.4, -0.2) is 12.5 Å². The summed E-state index contributed by atoms with van der Waals surface area (Å²) < 4.78 is 0. The van der Waals surface area contributed by atoms with Gasteiger partial charge in [-0.3, -0.25) is 4.79 Å². The van der Waals surface area contributed by atoms with Crippen molar-refractivity contribution in [1.29, 1.82) is 0 Å². The van der Waals surface area contributed by atoms with Crippen molar-refractivity contribution in [3.63, 3.8) is 0 Å². The molecular formula is C17H18N2O.